The largest absolute Gasteiger partial charge is 0.316 e. The molecular formula is C13H22N2O2S. The third kappa shape index (κ3) is 3.99. The maximum Gasteiger partial charge on any atom is 0.236 e. The molecule has 0 aromatic heterocycles. The maximum absolute atomic E-state index is 12.1. The minimum Gasteiger partial charge on any atom is -0.316 e. The molecule has 0 aliphatic carbocycles. The van der Waals surface area contributed by atoms with Gasteiger partial charge in [-0.05, 0) is 44.5 Å². The third-order valence-electron chi connectivity index (χ3n) is 2.86. The minimum absolute atomic E-state index is 0.455. The molecule has 1 atom stereocenters. The first-order valence-electron chi connectivity index (χ1n) is 6.16. The van der Waals surface area contributed by atoms with E-state index in [9.17, 15) is 8.42 Å². The lowest BCUT2D eigenvalue weighted by atomic mass is 10.1. The fraction of sp³-hybridized carbons (Fsp3) is 0.538. The van der Waals surface area contributed by atoms with Gasteiger partial charge in [0.25, 0.3) is 0 Å². The maximum atomic E-state index is 12.1. The van der Waals surface area contributed by atoms with Crippen LogP contribution >= 0.6 is 0 Å². The van der Waals surface area contributed by atoms with E-state index >= 15 is 0 Å². The van der Waals surface area contributed by atoms with E-state index < -0.39 is 15.3 Å². The third-order valence-corrected chi connectivity index (χ3v) is 4.59. The molecule has 0 spiro atoms. The smallest absolute Gasteiger partial charge is 0.236 e. The summed E-state index contributed by atoms with van der Waals surface area (Å²) in [6, 6.07) is 5.74. The van der Waals surface area contributed by atoms with Crippen molar-refractivity contribution in [2.75, 3.05) is 17.8 Å². The Morgan fingerprint density at radius 3 is 2.56 bits per heavy atom. The topological polar surface area (TPSA) is 58.2 Å². The summed E-state index contributed by atoms with van der Waals surface area (Å²) >= 11 is 0. The number of anilines is 1. The van der Waals surface area contributed by atoms with Gasteiger partial charge in [0.1, 0.15) is 0 Å². The van der Waals surface area contributed by atoms with Crippen molar-refractivity contribution < 1.29 is 8.42 Å². The Morgan fingerprint density at radius 2 is 1.94 bits per heavy atom. The van der Waals surface area contributed by atoms with Crippen LogP contribution in [0.15, 0.2) is 18.2 Å². The standard InChI is InChI=1S/C13H22N2O2S/c1-5-14-9-12(4)18(16,17)15-13-8-10(2)6-7-11(13)3/h6-8,12,14-15H,5,9H2,1-4H3. The summed E-state index contributed by atoms with van der Waals surface area (Å²) in [6.45, 7) is 8.72. The van der Waals surface area contributed by atoms with Gasteiger partial charge < -0.3 is 5.32 Å². The molecule has 0 heterocycles. The summed E-state index contributed by atoms with van der Waals surface area (Å²) in [4.78, 5) is 0. The molecule has 0 saturated heterocycles. The van der Waals surface area contributed by atoms with Gasteiger partial charge in [0.15, 0.2) is 0 Å². The van der Waals surface area contributed by atoms with Crippen molar-refractivity contribution in [3.05, 3.63) is 29.3 Å². The number of benzene rings is 1. The number of sulfonamides is 1. The Kier molecular flexibility index (Phi) is 5.16. The van der Waals surface area contributed by atoms with Crippen LogP contribution in [0.1, 0.15) is 25.0 Å². The average Bonchev–Trinajstić information content (AvgIpc) is 2.30. The summed E-state index contributed by atoms with van der Waals surface area (Å²) in [5.74, 6) is 0. The van der Waals surface area contributed by atoms with Crippen LogP contribution in [0.25, 0.3) is 0 Å². The average molecular weight is 270 g/mol. The molecular weight excluding hydrogens is 248 g/mol. The second-order valence-corrected chi connectivity index (χ2v) is 6.68. The van der Waals surface area contributed by atoms with E-state index in [0.29, 0.717) is 12.2 Å². The van der Waals surface area contributed by atoms with Crippen LogP contribution in [0.4, 0.5) is 5.69 Å². The van der Waals surface area contributed by atoms with Crippen LogP contribution in [0, 0.1) is 13.8 Å². The molecule has 0 aliphatic rings. The van der Waals surface area contributed by atoms with Crippen LogP contribution < -0.4 is 10.0 Å². The van der Waals surface area contributed by atoms with Crippen molar-refractivity contribution >= 4 is 15.7 Å². The first-order chi connectivity index (χ1) is 8.36. The molecule has 0 bridgehead atoms. The molecule has 4 nitrogen and oxygen atoms in total. The molecule has 2 N–H and O–H groups in total. The van der Waals surface area contributed by atoms with E-state index in [1.54, 1.807) is 6.92 Å². The first-order valence-corrected chi connectivity index (χ1v) is 7.71. The summed E-state index contributed by atoms with van der Waals surface area (Å²) < 4.78 is 26.9. The molecule has 1 rings (SSSR count). The van der Waals surface area contributed by atoms with Gasteiger partial charge in [-0.2, -0.15) is 0 Å². The van der Waals surface area contributed by atoms with Crippen LogP contribution in [0.2, 0.25) is 0 Å². The zero-order valence-electron chi connectivity index (χ0n) is 11.4. The normalized spacial score (nSPS) is 13.3. The van der Waals surface area contributed by atoms with E-state index in [1.807, 2.05) is 39.0 Å². The number of aryl methyl sites for hydroxylation is 2. The SMILES string of the molecule is CCNCC(C)S(=O)(=O)Nc1cc(C)ccc1C. The van der Waals surface area contributed by atoms with Gasteiger partial charge in [-0.15, -0.1) is 0 Å². The molecule has 5 heteroatoms. The van der Waals surface area contributed by atoms with Gasteiger partial charge >= 0.3 is 0 Å². The zero-order valence-corrected chi connectivity index (χ0v) is 12.3. The fourth-order valence-corrected chi connectivity index (χ4v) is 2.62. The highest BCUT2D eigenvalue weighted by Crippen LogP contribution is 2.19. The van der Waals surface area contributed by atoms with Gasteiger partial charge in [0.05, 0.1) is 10.9 Å². The zero-order chi connectivity index (χ0) is 13.8. The Balaban J connectivity index is 2.85. The van der Waals surface area contributed by atoms with Crippen LogP contribution in [0.3, 0.4) is 0 Å². The van der Waals surface area contributed by atoms with Gasteiger partial charge in [0.2, 0.25) is 10.0 Å². The summed E-state index contributed by atoms with van der Waals surface area (Å²) in [6.07, 6.45) is 0. The second-order valence-electron chi connectivity index (χ2n) is 4.58. The first kappa shape index (κ1) is 15.0. The van der Waals surface area contributed by atoms with Gasteiger partial charge in [-0.1, -0.05) is 19.1 Å². The molecule has 1 unspecified atom stereocenters. The van der Waals surface area contributed by atoms with Crippen molar-refractivity contribution in [1.82, 2.24) is 5.32 Å². The molecule has 0 fully saturated rings. The Bertz CT molecular complexity index is 498. The van der Waals surface area contributed by atoms with Crippen LogP contribution in [-0.2, 0) is 10.0 Å². The predicted molar refractivity (Wildman–Crippen MR) is 76.5 cm³/mol. The van der Waals surface area contributed by atoms with Gasteiger partial charge in [-0.25, -0.2) is 8.42 Å². The van der Waals surface area contributed by atoms with Crippen molar-refractivity contribution in [3.63, 3.8) is 0 Å². The monoisotopic (exact) mass is 270 g/mol. The molecule has 0 aliphatic heterocycles. The highest BCUT2D eigenvalue weighted by molar-refractivity contribution is 7.93. The van der Waals surface area contributed by atoms with Crippen LogP contribution in [-0.4, -0.2) is 26.8 Å². The highest BCUT2D eigenvalue weighted by Gasteiger charge is 2.20. The second kappa shape index (κ2) is 6.20. The Morgan fingerprint density at radius 1 is 1.28 bits per heavy atom. The lowest BCUT2D eigenvalue weighted by Crippen LogP contribution is -2.34. The van der Waals surface area contributed by atoms with E-state index in [0.717, 1.165) is 17.7 Å². The van der Waals surface area contributed by atoms with Gasteiger partial charge in [-0.3, -0.25) is 4.72 Å². The molecule has 0 amide bonds. The highest BCUT2D eigenvalue weighted by atomic mass is 32.2. The quantitative estimate of drug-likeness (QED) is 0.831. The molecule has 1 aromatic carbocycles. The van der Waals surface area contributed by atoms with Crippen molar-refractivity contribution in [2.45, 2.75) is 32.9 Å². The summed E-state index contributed by atoms with van der Waals surface area (Å²) in [7, 11) is -3.34. The number of rotatable bonds is 6. The Labute approximate surface area is 110 Å². The lowest BCUT2D eigenvalue weighted by molar-refractivity contribution is 0.579. The molecule has 0 radical (unpaired) electrons. The molecule has 1 aromatic rings. The Hall–Kier alpha value is -1.07. The predicted octanol–water partition coefficient (Wildman–Crippen LogP) is 2.04. The summed E-state index contributed by atoms with van der Waals surface area (Å²) in [5, 5.41) is 2.59. The number of hydrogen-bond donors (Lipinski definition) is 2. The molecule has 102 valence electrons. The van der Waals surface area contributed by atoms with Gasteiger partial charge in [0, 0.05) is 6.54 Å². The molecule has 18 heavy (non-hydrogen) atoms. The van der Waals surface area contributed by atoms with Crippen molar-refractivity contribution in [3.8, 4) is 0 Å². The van der Waals surface area contributed by atoms with E-state index in [4.69, 9.17) is 0 Å². The summed E-state index contributed by atoms with van der Waals surface area (Å²) in [5.41, 5.74) is 2.64. The van der Waals surface area contributed by atoms with E-state index in [1.165, 1.54) is 0 Å². The number of hydrogen-bond acceptors (Lipinski definition) is 3. The van der Waals surface area contributed by atoms with Crippen molar-refractivity contribution in [1.29, 1.82) is 0 Å². The van der Waals surface area contributed by atoms with E-state index in [-0.39, 0.29) is 0 Å². The van der Waals surface area contributed by atoms with Crippen LogP contribution in [0.5, 0.6) is 0 Å². The molecule has 0 saturated carbocycles. The fourth-order valence-electron chi connectivity index (χ4n) is 1.56. The lowest BCUT2D eigenvalue weighted by Gasteiger charge is -2.16. The minimum atomic E-state index is -3.34. The number of nitrogens with one attached hydrogen (secondary N) is 2. The van der Waals surface area contributed by atoms with E-state index in [2.05, 4.69) is 10.0 Å². The van der Waals surface area contributed by atoms with Crippen molar-refractivity contribution in [2.24, 2.45) is 0 Å².